The predicted molar refractivity (Wildman–Crippen MR) is 81.2 cm³/mol. The molecule has 20 heavy (non-hydrogen) atoms. The molecule has 0 bridgehead atoms. The molecule has 0 aromatic rings. The maximum Gasteiger partial charge on any atom is 0.0701 e. The van der Waals surface area contributed by atoms with Gasteiger partial charge in [-0.2, -0.15) is 0 Å². The van der Waals surface area contributed by atoms with Crippen LogP contribution in [0.15, 0.2) is 12.7 Å². The largest absolute Gasteiger partial charge is 0.383 e. The molecule has 0 aliphatic carbocycles. The first-order valence-electron chi connectivity index (χ1n) is 7.16. The Bertz CT molecular complexity index is 226. The molecule has 0 fully saturated rings. The summed E-state index contributed by atoms with van der Waals surface area (Å²) in [6.45, 7) is 11.7. The van der Waals surface area contributed by atoms with Crippen molar-refractivity contribution in [3.05, 3.63) is 12.7 Å². The molecule has 0 aliphatic rings. The number of nitrogens with one attached hydrogen (secondary N) is 1. The van der Waals surface area contributed by atoms with Crippen molar-refractivity contribution >= 4 is 0 Å². The quantitative estimate of drug-likeness (QED) is 0.365. The molecule has 0 radical (unpaired) electrons. The molecule has 5 nitrogen and oxygen atoms in total. The molecule has 0 rings (SSSR count). The Morgan fingerprint density at radius 3 is 2.15 bits per heavy atom. The van der Waals surface area contributed by atoms with Gasteiger partial charge in [-0.05, 0) is 11.8 Å². The van der Waals surface area contributed by atoms with Crippen molar-refractivity contribution < 1.29 is 18.9 Å². The van der Waals surface area contributed by atoms with Gasteiger partial charge in [-0.15, -0.1) is 6.58 Å². The molecule has 0 saturated heterocycles. The van der Waals surface area contributed by atoms with Gasteiger partial charge in [-0.3, -0.25) is 0 Å². The third-order valence-corrected chi connectivity index (χ3v) is 3.13. The summed E-state index contributed by atoms with van der Waals surface area (Å²) in [6.07, 6.45) is 2.93. The van der Waals surface area contributed by atoms with Crippen LogP contribution in [0.4, 0.5) is 0 Å². The standard InChI is InChI=1S/C15H31NO4/c1-5-15(2,14-16-7-9-17-3)6-8-19-12-13-20-11-10-18-4/h5,16H,1,6-14H2,2-4H3. The number of rotatable bonds is 15. The van der Waals surface area contributed by atoms with E-state index in [0.29, 0.717) is 33.0 Å². The number of hydrogen-bond acceptors (Lipinski definition) is 5. The van der Waals surface area contributed by atoms with E-state index in [2.05, 4.69) is 18.8 Å². The normalized spacial score (nSPS) is 14.2. The minimum atomic E-state index is 0.0463. The lowest BCUT2D eigenvalue weighted by Gasteiger charge is -2.26. The second kappa shape index (κ2) is 13.5. The fraction of sp³-hybridized carbons (Fsp3) is 0.867. The Morgan fingerprint density at radius 1 is 0.950 bits per heavy atom. The van der Waals surface area contributed by atoms with Crippen molar-refractivity contribution in [3.8, 4) is 0 Å². The highest BCUT2D eigenvalue weighted by atomic mass is 16.5. The first-order valence-corrected chi connectivity index (χ1v) is 7.16. The third-order valence-electron chi connectivity index (χ3n) is 3.13. The number of methoxy groups -OCH3 is 2. The van der Waals surface area contributed by atoms with E-state index < -0.39 is 0 Å². The Kier molecular flexibility index (Phi) is 13.2. The van der Waals surface area contributed by atoms with E-state index in [-0.39, 0.29) is 5.41 Å². The van der Waals surface area contributed by atoms with Crippen molar-refractivity contribution in [2.45, 2.75) is 13.3 Å². The molecule has 1 N–H and O–H groups in total. The van der Waals surface area contributed by atoms with Gasteiger partial charge in [0, 0.05) is 33.9 Å². The van der Waals surface area contributed by atoms with Gasteiger partial charge in [0.25, 0.3) is 0 Å². The summed E-state index contributed by atoms with van der Waals surface area (Å²) in [5.74, 6) is 0. The molecule has 1 unspecified atom stereocenters. The van der Waals surface area contributed by atoms with Crippen LogP contribution < -0.4 is 5.32 Å². The summed E-state index contributed by atoms with van der Waals surface area (Å²) in [7, 11) is 3.37. The van der Waals surface area contributed by atoms with Gasteiger partial charge >= 0.3 is 0 Å². The van der Waals surface area contributed by atoms with Gasteiger partial charge in [0.2, 0.25) is 0 Å². The van der Waals surface area contributed by atoms with E-state index in [1.807, 2.05) is 6.08 Å². The van der Waals surface area contributed by atoms with Crippen LogP contribution in [0.1, 0.15) is 13.3 Å². The highest BCUT2D eigenvalue weighted by Gasteiger charge is 2.19. The molecule has 0 saturated carbocycles. The van der Waals surface area contributed by atoms with Gasteiger partial charge in [0.1, 0.15) is 0 Å². The van der Waals surface area contributed by atoms with E-state index in [4.69, 9.17) is 18.9 Å². The summed E-state index contributed by atoms with van der Waals surface area (Å²) in [6, 6.07) is 0. The second-order valence-electron chi connectivity index (χ2n) is 5.00. The molecular weight excluding hydrogens is 258 g/mol. The zero-order valence-electron chi connectivity index (χ0n) is 13.3. The molecule has 120 valence electrons. The SMILES string of the molecule is C=CC(C)(CCOCCOCCOC)CNCCOC. The first kappa shape index (κ1) is 19.5. The lowest BCUT2D eigenvalue weighted by Crippen LogP contribution is -2.33. The van der Waals surface area contributed by atoms with E-state index in [9.17, 15) is 0 Å². The lowest BCUT2D eigenvalue weighted by atomic mass is 9.87. The Balaban J connectivity index is 3.54. The maximum absolute atomic E-state index is 5.57. The minimum absolute atomic E-state index is 0.0463. The highest BCUT2D eigenvalue weighted by molar-refractivity contribution is 4.92. The van der Waals surface area contributed by atoms with Crippen LogP contribution in [0.25, 0.3) is 0 Å². The summed E-state index contributed by atoms with van der Waals surface area (Å²) >= 11 is 0. The molecular formula is C15H31NO4. The molecule has 0 aliphatic heterocycles. The zero-order valence-corrected chi connectivity index (χ0v) is 13.3. The average Bonchev–Trinajstić information content (AvgIpc) is 2.46. The maximum atomic E-state index is 5.57. The zero-order chi connectivity index (χ0) is 15.1. The van der Waals surface area contributed by atoms with Crippen LogP contribution in [-0.4, -0.2) is 67.0 Å². The Morgan fingerprint density at radius 2 is 1.55 bits per heavy atom. The van der Waals surface area contributed by atoms with Crippen molar-refractivity contribution in [1.82, 2.24) is 5.32 Å². The van der Waals surface area contributed by atoms with Gasteiger partial charge in [-0.1, -0.05) is 13.0 Å². The van der Waals surface area contributed by atoms with Crippen molar-refractivity contribution in [3.63, 3.8) is 0 Å². The monoisotopic (exact) mass is 289 g/mol. The van der Waals surface area contributed by atoms with Crippen LogP contribution in [-0.2, 0) is 18.9 Å². The Labute approximate surface area is 123 Å². The minimum Gasteiger partial charge on any atom is -0.383 e. The van der Waals surface area contributed by atoms with E-state index >= 15 is 0 Å². The molecule has 5 heteroatoms. The first-order chi connectivity index (χ1) is 9.68. The van der Waals surface area contributed by atoms with Gasteiger partial charge in [0.05, 0.1) is 33.0 Å². The van der Waals surface area contributed by atoms with Gasteiger partial charge in [-0.25, -0.2) is 0 Å². The fourth-order valence-electron chi connectivity index (χ4n) is 1.58. The molecule has 0 aromatic carbocycles. The Hall–Kier alpha value is -0.460. The fourth-order valence-corrected chi connectivity index (χ4v) is 1.58. The van der Waals surface area contributed by atoms with Crippen LogP contribution in [0.5, 0.6) is 0 Å². The van der Waals surface area contributed by atoms with E-state index in [1.54, 1.807) is 14.2 Å². The average molecular weight is 289 g/mol. The molecule has 0 amide bonds. The third kappa shape index (κ3) is 11.4. The van der Waals surface area contributed by atoms with Gasteiger partial charge in [0.15, 0.2) is 0 Å². The summed E-state index contributed by atoms with van der Waals surface area (Å²) < 4.78 is 20.8. The topological polar surface area (TPSA) is 49.0 Å². The highest BCUT2D eigenvalue weighted by Crippen LogP contribution is 2.21. The smallest absolute Gasteiger partial charge is 0.0701 e. The number of ether oxygens (including phenoxy) is 4. The van der Waals surface area contributed by atoms with Crippen LogP contribution >= 0.6 is 0 Å². The second-order valence-corrected chi connectivity index (χ2v) is 5.00. The van der Waals surface area contributed by atoms with Crippen LogP contribution in [0.2, 0.25) is 0 Å². The predicted octanol–water partition coefficient (Wildman–Crippen LogP) is 1.48. The molecule has 1 atom stereocenters. The van der Waals surface area contributed by atoms with E-state index in [1.165, 1.54) is 0 Å². The molecule has 0 spiro atoms. The molecule has 0 heterocycles. The van der Waals surface area contributed by atoms with Crippen LogP contribution in [0, 0.1) is 5.41 Å². The van der Waals surface area contributed by atoms with Crippen molar-refractivity contribution in [2.24, 2.45) is 5.41 Å². The summed E-state index contributed by atoms with van der Waals surface area (Å²) in [5, 5.41) is 3.36. The van der Waals surface area contributed by atoms with E-state index in [0.717, 1.165) is 26.1 Å². The molecule has 0 aromatic heterocycles. The lowest BCUT2D eigenvalue weighted by molar-refractivity contribution is 0.0198. The number of hydrogen-bond donors (Lipinski definition) is 1. The van der Waals surface area contributed by atoms with Gasteiger partial charge < -0.3 is 24.3 Å². The van der Waals surface area contributed by atoms with Crippen molar-refractivity contribution in [1.29, 1.82) is 0 Å². The van der Waals surface area contributed by atoms with Crippen LogP contribution in [0.3, 0.4) is 0 Å². The summed E-state index contributed by atoms with van der Waals surface area (Å²) in [5.41, 5.74) is 0.0463. The summed E-state index contributed by atoms with van der Waals surface area (Å²) in [4.78, 5) is 0. The van der Waals surface area contributed by atoms with Crippen molar-refractivity contribution in [2.75, 3.05) is 67.0 Å².